The van der Waals surface area contributed by atoms with Gasteiger partial charge in [-0.2, -0.15) is 4.36 Å². The van der Waals surface area contributed by atoms with E-state index < -0.39 is 27.8 Å². The SMILES string of the molecule is CS(C)(=O)=Nc1cc(C2CC2)c2c(Nc3ccc(F)cc3O[C@H]3COC[C@@H]3O)ncnc2c1. The van der Waals surface area contributed by atoms with E-state index in [-0.39, 0.29) is 19.0 Å². The van der Waals surface area contributed by atoms with Crippen LogP contribution in [-0.4, -0.2) is 57.2 Å². The zero-order chi connectivity index (χ0) is 23.2. The van der Waals surface area contributed by atoms with Crippen LogP contribution in [0.3, 0.4) is 0 Å². The molecule has 0 spiro atoms. The fourth-order valence-electron chi connectivity index (χ4n) is 3.95. The average Bonchev–Trinajstić information content (AvgIpc) is 3.51. The summed E-state index contributed by atoms with van der Waals surface area (Å²) in [6, 6.07) is 7.93. The summed E-state index contributed by atoms with van der Waals surface area (Å²) >= 11 is 0. The standard InChI is InChI=1S/C23H25FN4O4S/c1-33(2,30)28-15-8-16(13-3-4-13)22-18(9-15)25-12-26-23(22)27-17-6-5-14(24)7-20(17)32-21-11-31-10-19(21)29/h5-9,12-13,19,21,29H,3-4,10-11H2,1-2H3,(H,25,26,27)/t19-,21-/m0/s1. The van der Waals surface area contributed by atoms with Crippen LogP contribution in [0, 0.1) is 5.82 Å². The van der Waals surface area contributed by atoms with Crippen LogP contribution < -0.4 is 10.1 Å². The topological polar surface area (TPSA) is 106 Å². The number of hydrogen-bond donors (Lipinski definition) is 2. The number of halogens is 1. The summed E-state index contributed by atoms with van der Waals surface area (Å²) in [7, 11) is -2.32. The van der Waals surface area contributed by atoms with Crippen LogP contribution in [0.25, 0.3) is 10.9 Å². The van der Waals surface area contributed by atoms with Gasteiger partial charge in [-0.15, -0.1) is 0 Å². The van der Waals surface area contributed by atoms with Gasteiger partial charge in [0.1, 0.15) is 29.8 Å². The number of nitrogens with zero attached hydrogens (tertiary/aromatic N) is 3. The predicted octanol–water partition coefficient (Wildman–Crippen LogP) is 3.89. The number of nitrogens with one attached hydrogen (secondary N) is 1. The summed E-state index contributed by atoms with van der Waals surface area (Å²) in [6.07, 6.45) is 5.37. The highest BCUT2D eigenvalue weighted by Gasteiger charge is 2.30. The van der Waals surface area contributed by atoms with Crippen LogP contribution in [-0.2, 0) is 14.5 Å². The van der Waals surface area contributed by atoms with Gasteiger partial charge in [0.25, 0.3) is 0 Å². The first-order valence-corrected chi connectivity index (χ1v) is 13.0. The highest BCUT2D eigenvalue weighted by molar-refractivity contribution is 7.92. The van der Waals surface area contributed by atoms with Crippen molar-refractivity contribution in [3.63, 3.8) is 0 Å². The van der Waals surface area contributed by atoms with Crippen molar-refractivity contribution >= 4 is 37.8 Å². The summed E-state index contributed by atoms with van der Waals surface area (Å²) in [5.74, 6) is 0.715. The first kappa shape index (κ1) is 22.0. The van der Waals surface area contributed by atoms with Crippen LogP contribution in [0.4, 0.5) is 21.6 Å². The lowest BCUT2D eigenvalue weighted by Crippen LogP contribution is -2.30. The molecule has 0 radical (unpaired) electrons. The Morgan fingerprint density at radius 3 is 2.73 bits per heavy atom. The van der Waals surface area contributed by atoms with Gasteiger partial charge in [-0.25, -0.2) is 18.6 Å². The number of benzene rings is 2. The van der Waals surface area contributed by atoms with Gasteiger partial charge in [-0.3, -0.25) is 0 Å². The van der Waals surface area contributed by atoms with Crippen molar-refractivity contribution in [2.75, 3.05) is 31.0 Å². The van der Waals surface area contributed by atoms with Crippen molar-refractivity contribution in [1.29, 1.82) is 0 Å². The Bertz CT molecular complexity index is 1330. The molecule has 5 rings (SSSR count). The molecule has 1 saturated carbocycles. The van der Waals surface area contributed by atoms with Gasteiger partial charge in [-0.05, 0) is 48.6 Å². The lowest BCUT2D eigenvalue weighted by molar-refractivity contribution is 0.0736. The number of fused-ring (bicyclic) bond motifs is 1. The molecule has 1 saturated heterocycles. The van der Waals surface area contributed by atoms with E-state index in [1.54, 1.807) is 24.6 Å². The van der Waals surface area contributed by atoms with Gasteiger partial charge in [-0.1, -0.05) is 0 Å². The molecule has 2 aromatic carbocycles. The second-order valence-corrected chi connectivity index (χ2v) is 11.3. The van der Waals surface area contributed by atoms with Gasteiger partial charge in [0.2, 0.25) is 0 Å². The lowest BCUT2D eigenvalue weighted by atomic mass is 10.0. The summed E-state index contributed by atoms with van der Waals surface area (Å²) in [4.78, 5) is 8.88. The molecule has 10 heteroatoms. The second kappa shape index (κ2) is 8.51. The molecule has 33 heavy (non-hydrogen) atoms. The third kappa shape index (κ3) is 4.92. The molecule has 2 N–H and O–H groups in total. The van der Waals surface area contributed by atoms with Crippen LogP contribution in [0.15, 0.2) is 41.0 Å². The number of rotatable bonds is 6. The maximum absolute atomic E-state index is 14.0. The van der Waals surface area contributed by atoms with E-state index in [9.17, 15) is 13.7 Å². The third-order valence-electron chi connectivity index (χ3n) is 5.57. The quantitative estimate of drug-likeness (QED) is 0.561. The van der Waals surface area contributed by atoms with Gasteiger partial charge in [0, 0.05) is 33.7 Å². The zero-order valence-electron chi connectivity index (χ0n) is 18.3. The van der Waals surface area contributed by atoms with Crippen LogP contribution >= 0.6 is 0 Å². The molecule has 0 amide bonds. The van der Waals surface area contributed by atoms with Gasteiger partial charge in [0.15, 0.2) is 6.10 Å². The lowest BCUT2D eigenvalue weighted by Gasteiger charge is -2.19. The molecule has 2 heterocycles. The van der Waals surface area contributed by atoms with Crippen LogP contribution in [0.5, 0.6) is 5.75 Å². The number of anilines is 2. The molecule has 1 aliphatic heterocycles. The maximum Gasteiger partial charge on any atom is 0.150 e. The molecular formula is C23H25FN4O4S. The second-order valence-electron chi connectivity index (χ2n) is 8.72. The Labute approximate surface area is 191 Å². The molecule has 0 unspecified atom stereocenters. The van der Waals surface area contributed by atoms with E-state index >= 15 is 0 Å². The van der Waals surface area contributed by atoms with E-state index in [1.165, 1.54) is 18.5 Å². The molecule has 1 aliphatic carbocycles. The van der Waals surface area contributed by atoms with Crippen molar-refractivity contribution in [2.24, 2.45) is 4.36 Å². The van der Waals surface area contributed by atoms with E-state index in [0.717, 1.165) is 23.8 Å². The first-order valence-electron chi connectivity index (χ1n) is 10.7. The van der Waals surface area contributed by atoms with E-state index in [1.807, 2.05) is 6.07 Å². The van der Waals surface area contributed by atoms with E-state index in [4.69, 9.17) is 9.47 Å². The fourth-order valence-corrected chi connectivity index (χ4v) is 4.56. The molecule has 1 aromatic heterocycles. The molecule has 174 valence electrons. The largest absolute Gasteiger partial charge is 0.483 e. The minimum atomic E-state index is -2.32. The summed E-state index contributed by atoms with van der Waals surface area (Å²) in [5.41, 5.74) is 2.87. The first-order chi connectivity index (χ1) is 15.8. The molecule has 2 fully saturated rings. The summed E-state index contributed by atoms with van der Waals surface area (Å²) in [5, 5.41) is 14.2. The van der Waals surface area contributed by atoms with Gasteiger partial charge in [0.05, 0.1) is 30.1 Å². The Balaban J connectivity index is 1.57. The Kier molecular flexibility index (Phi) is 5.67. The average molecular weight is 473 g/mol. The molecular weight excluding hydrogens is 447 g/mol. The highest BCUT2D eigenvalue weighted by Crippen LogP contribution is 2.46. The Morgan fingerprint density at radius 1 is 1.21 bits per heavy atom. The maximum atomic E-state index is 14.0. The molecule has 2 aliphatic rings. The summed E-state index contributed by atoms with van der Waals surface area (Å²) < 4.78 is 41.7. The minimum Gasteiger partial charge on any atom is -0.483 e. The van der Waals surface area contributed by atoms with Gasteiger partial charge < -0.3 is 19.9 Å². The van der Waals surface area contributed by atoms with E-state index in [0.29, 0.717) is 28.6 Å². The number of aromatic nitrogens is 2. The number of aliphatic hydroxyl groups excluding tert-OH is 1. The third-order valence-corrected chi connectivity index (χ3v) is 6.22. The molecule has 3 aromatic rings. The molecule has 8 nitrogen and oxygen atoms in total. The van der Waals surface area contributed by atoms with Crippen molar-refractivity contribution < 1.29 is 23.2 Å². The normalized spacial score (nSPS) is 20.7. The fraction of sp³-hybridized carbons (Fsp3) is 0.391. The predicted molar refractivity (Wildman–Crippen MR) is 125 cm³/mol. The van der Waals surface area contributed by atoms with Crippen LogP contribution in [0.1, 0.15) is 24.3 Å². The van der Waals surface area contributed by atoms with Crippen molar-refractivity contribution in [3.8, 4) is 5.75 Å². The Morgan fingerprint density at radius 2 is 2.03 bits per heavy atom. The monoisotopic (exact) mass is 472 g/mol. The zero-order valence-corrected chi connectivity index (χ0v) is 19.1. The minimum absolute atomic E-state index is 0.180. The molecule has 2 atom stereocenters. The smallest absolute Gasteiger partial charge is 0.150 e. The van der Waals surface area contributed by atoms with Crippen molar-refractivity contribution in [1.82, 2.24) is 9.97 Å². The van der Waals surface area contributed by atoms with Crippen LogP contribution in [0.2, 0.25) is 0 Å². The number of aliphatic hydroxyl groups is 1. The number of hydrogen-bond acceptors (Lipinski definition) is 8. The van der Waals surface area contributed by atoms with E-state index in [2.05, 4.69) is 19.6 Å². The Hall–Kier alpha value is -2.82. The highest BCUT2D eigenvalue weighted by atomic mass is 32.2. The van der Waals surface area contributed by atoms with Gasteiger partial charge >= 0.3 is 0 Å². The number of ether oxygens (including phenoxy) is 2. The van der Waals surface area contributed by atoms with Crippen molar-refractivity contribution in [3.05, 3.63) is 48.0 Å². The van der Waals surface area contributed by atoms with Crippen molar-refractivity contribution in [2.45, 2.75) is 31.0 Å². The summed E-state index contributed by atoms with van der Waals surface area (Å²) in [6.45, 7) is 0.406. The molecule has 0 bridgehead atoms.